The fraction of sp³-hybridized carbons (Fsp3) is 0.375. The molecule has 43 heavy (non-hydrogen) atoms. The minimum Gasteiger partial charge on any atom is -0.497 e. The first-order valence-electron chi connectivity index (χ1n) is 14.3. The molecule has 0 aliphatic carbocycles. The Morgan fingerprint density at radius 1 is 0.953 bits per heavy atom. The molecule has 0 radical (unpaired) electrons. The normalized spacial score (nSPS) is 11.8. The van der Waals surface area contributed by atoms with E-state index in [0.29, 0.717) is 36.8 Å². The molecule has 0 unspecified atom stereocenters. The number of sulfonamides is 1. The summed E-state index contributed by atoms with van der Waals surface area (Å²) < 4.78 is 40.2. The highest BCUT2D eigenvalue weighted by Gasteiger charge is 2.33. The number of nitrogens with zero attached hydrogens (tertiary/aromatic N) is 2. The molecule has 9 nitrogen and oxygen atoms in total. The second-order valence-electron chi connectivity index (χ2n) is 9.70. The first kappa shape index (κ1) is 33.8. The second-order valence-corrected chi connectivity index (χ2v) is 12.4. The molecule has 0 heterocycles. The van der Waals surface area contributed by atoms with Gasteiger partial charge in [-0.25, -0.2) is 8.42 Å². The van der Waals surface area contributed by atoms with Crippen LogP contribution in [0.25, 0.3) is 0 Å². The van der Waals surface area contributed by atoms with Crippen LogP contribution in [0.15, 0.2) is 82.6 Å². The monoisotopic (exact) mass is 627 g/mol. The Morgan fingerprint density at radius 3 is 2.23 bits per heavy atom. The SMILES string of the molecule is CCCNC(=O)[C@@H](CC)N(Cc1cccc(OC)c1)C(=O)CN(c1ccc(OCC)cc1)S(=O)(=O)c1ccc(SC)cc1. The van der Waals surface area contributed by atoms with Crippen LogP contribution in [-0.4, -0.2) is 64.2 Å². The van der Waals surface area contributed by atoms with Gasteiger partial charge in [-0.2, -0.15) is 0 Å². The highest BCUT2D eigenvalue weighted by Crippen LogP contribution is 2.28. The molecule has 0 aliphatic heterocycles. The molecule has 3 aromatic carbocycles. The molecule has 232 valence electrons. The van der Waals surface area contributed by atoms with Crippen molar-refractivity contribution in [2.24, 2.45) is 0 Å². The number of hydrogen-bond acceptors (Lipinski definition) is 7. The van der Waals surface area contributed by atoms with E-state index < -0.39 is 28.5 Å². The smallest absolute Gasteiger partial charge is 0.264 e. The zero-order chi connectivity index (χ0) is 31.4. The van der Waals surface area contributed by atoms with Gasteiger partial charge >= 0.3 is 0 Å². The highest BCUT2D eigenvalue weighted by atomic mass is 32.2. The van der Waals surface area contributed by atoms with Crippen molar-refractivity contribution >= 4 is 39.3 Å². The van der Waals surface area contributed by atoms with Gasteiger partial charge in [-0.3, -0.25) is 13.9 Å². The van der Waals surface area contributed by atoms with E-state index in [2.05, 4.69) is 5.32 Å². The van der Waals surface area contributed by atoms with Crippen LogP contribution in [0.2, 0.25) is 0 Å². The number of nitrogens with one attached hydrogen (secondary N) is 1. The molecule has 0 aliphatic rings. The molecular weight excluding hydrogens is 587 g/mol. The van der Waals surface area contributed by atoms with Gasteiger partial charge in [0, 0.05) is 18.0 Å². The van der Waals surface area contributed by atoms with Gasteiger partial charge in [-0.15, -0.1) is 11.8 Å². The Kier molecular flexibility index (Phi) is 12.8. The maximum Gasteiger partial charge on any atom is 0.264 e. The Bertz CT molecular complexity index is 1450. The summed E-state index contributed by atoms with van der Waals surface area (Å²) in [5.41, 5.74) is 1.05. The summed E-state index contributed by atoms with van der Waals surface area (Å²) in [6.07, 6.45) is 2.99. The molecule has 0 saturated carbocycles. The van der Waals surface area contributed by atoms with Crippen molar-refractivity contribution in [1.82, 2.24) is 10.2 Å². The summed E-state index contributed by atoms with van der Waals surface area (Å²) in [7, 11) is -2.61. The van der Waals surface area contributed by atoms with Crippen LogP contribution in [0.5, 0.6) is 11.5 Å². The topological polar surface area (TPSA) is 105 Å². The Morgan fingerprint density at radius 2 is 1.65 bits per heavy atom. The number of anilines is 1. The van der Waals surface area contributed by atoms with E-state index in [1.54, 1.807) is 55.6 Å². The first-order chi connectivity index (χ1) is 20.7. The van der Waals surface area contributed by atoms with E-state index in [9.17, 15) is 18.0 Å². The summed E-state index contributed by atoms with van der Waals surface area (Å²) in [5.74, 6) is 0.390. The molecular formula is C32H41N3O6S2. The lowest BCUT2D eigenvalue weighted by Crippen LogP contribution is -2.52. The van der Waals surface area contributed by atoms with Gasteiger partial charge in [0.1, 0.15) is 24.1 Å². The van der Waals surface area contributed by atoms with Crippen molar-refractivity contribution in [3.05, 3.63) is 78.4 Å². The molecule has 3 aromatic rings. The number of rotatable bonds is 16. The van der Waals surface area contributed by atoms with Crippen LogP contribution >= 0.6 is 11.8 Å². The standard InChI is InChI=1S/C32H41N3O6S2/c1-6-20-33-32(37)30(7-2)34(22-24-10-9-11-27(21-24)40-4)31(36)23-35(25-12-14-26(15-13-25)41-8-3)43(38,39)29-18-16-28(42-5)17-19-29/h9-19,21,30H,6-8,20,22-23H2,1-5H3,(H,33,37)/t30-/m1/s1. The van der Waals surface area contributed by atoms with Crippen molar-refractivity contribution in [2.45, 2.75) is 56.0 Å². The Balaban J connectivity index is 2.06. The van der Waals surface area contributed by atoms with Gasteiger partial charge in [0.2, 0.25) is 11.8 Å². The predicted molar refractivity (Wildman–Crippen MR) is 171 cm³/mol. The largest absolute Gasteiger partial charge is 0.497 e. The number of amides is 2. The number of hydrogen-bond donors (Lipinski definition) is 1. The lowest BCUT2D eigenvalue weighted by Gasteiger charge is -2.33. The minimum absolute atomic E-state index is 0.0547. The third kappa shape index (κ3) is 8.90. The minimum atomic E-state index is -4.17. The number of benzene rings is 3. The van der Waals surface area contributed by atoms with Gasteiger partial charge in [-0.1, -0.05) is 26.0 Å². The lowest BCUT2D eigenvalue weighted by atomic mass is 10.1. The van der Waals surface area contributed by atoms with Crippen LogP contribution in [0.4, 0.5) is 5.69 Å². The molecule has 0 bridgehead atoms. The Labute approximate surface area is 259 Å². The number of carbonyl (C=O) groups excluding carboxylic acids is 2. The van der Waals surface area contributed by atoms with E-state index >= 15 is 0 Å². The van der Waals surface area contributed by atoms with Crippen LogP contribution < -0.4 is 19.1 Å². The van der Waals surface area contributed by atoms with E-state index in [1.807, 2.05) is 39.2 Å². The molecule has 0 fully saturated rings. The number of ether oxygens (including phenoxy) is 2. The van der Waals surface area contributed by atoms with Gasteiger partial charge in [0.15, 0.2) is 0 Å². The van der Waals surface area contributed by atoms with Crippen molar-refractivity contribution in [2.75, 3.05) is 37.4 Å². The lowest BCUT2D eigenvalue weighted by molar-refractivity contribution is -0.140. The van der Waals surface area contributed by atoms with Gasteiger partial charge < -0.3 is 19.7 Å². The number of methoxy groups -OCH3 is 1. The zero-order valence-electron chi connectivity index (χ0n) is 25.4. The average Bonchev–Trinajstić information content (AvgIpc) is 3.03. The predicted octanol–water partition coefficient (Wildman–Crippen LogP) is 5.34. The Hall–Kier alpha value is -3.70. The van der Waals surface area contributed by atoms with Gasteiger partial charge in [0.25, 0.3) is 10.0 Å². The fourth-order valence-electron chi connectivity index (χ4n) is 4.53. The molecule has 0 spiro atoms. The molecule has 1 N–H and O–H groups in total. The summed E-state index contributed by atoms with van der Waals surface area (Å²) >= 11 is 1.50. The summed E-state index contributed by atoms with van der Waals surface area (Å²) in [5, 5.41) is 2.89. The van der Waals surface area contributed by atoms with E-state index in [0.717, 1.165) is 21.2 Å². The van der Waals surface area contributed by atoms with Crippen LogP contribution in [0.3, 0.4) is 0 Å². The highest BCUT2D eigenvalue weighted by molar-refractivity contribution is 7.98. The molecule has 0 saturated heterocycles. The van der Waals surface area contributed by atoms with Crippen LogP contribution in [-0.2, 0) is 26.2 Å². The van der Waals surface area contributed by atoms with E-state index in [1.165, 1.54) is 28.8 Å². The summed E-state index contributed by atoms with van der Waals surface area (Å²) in [6.45, 7) is 6.14. The van der Waals surface area contributed by atoms with Gasteiger partial charge in [0.05, 0.1) is 24.3 Å². The summed E-state index contributed by atoms with van der Waals surface area (Å²) in [6, 6.07) is 19.5. The van der Waals surface area contributed by atoms with Crippen molar-refractivity contribution in [1.29, 1.82) is 0 Å². The summed E-state index contributed by atoms with van der Waals surface area (Å²) in [4.78, 5) is 29.9. The molecule has 3 rings (SSSR count). The third-order valence-corrected chi connectivity index (χ3v) is 9.32. The van der Waals surface area contributed by atoms with Crippen molar-refractivity contribution in [3.63, 3.8) is 0 Å². The molecule has 2 amide bonds. The molecule has 0 aromatic heterocycles. The average molecular weight is 628 g/mol. The van der Waals surface area contributed by atoms with Gasteiger partial charge in [-0.05, 0) is 92.2 Å². The van der Waals surface area contributed by atoms with E-state index in [4.69, 9.17) is 9.47 Å². The zero-order valence-corrected chi connectivity index (χ0v) is 27.0. The molecule has 11 heteroatoms. The maximum atomic E-state index is 14.2. The quantitative estimate of drug-likeness (QED) is 0.214. The second kappa shape index (κ2) is 16.2. The number of thioether (sulfide) groups is 1. The third-order valence-electron chi connectivity index (χ3n) is 6.78. The van der Waals surface area contributed by atoms with Crippen molar-refractivity contribution < 1.29 is 27.5 Å². The molecule has 1 atom stereocenters. The van der Waals surface area contributed by atoms with Crippen LogP contribution in [0, 0.1) is 0 Å². The fourth-order valence-corrected chi connectivity index (χ4v) is 6.35. The number of carbonyl (C=O) groups is 2. The van der Waals surface area contributed by atoms with Crippen LogP contribution in [0.1, 0.15) is 39.2 Å². The maximum absolute atomic E-state index is 14.2. The first-order valence-corrected chi connectivity index (χ1v) is 16.9. The van der Waals surface area contributed by atoms with Crippen molar-refractivity contribution in [3.8, 4) is 11.5 Å². The van der Waals surface area contributed by atoms with E-state index in [-0.39, 0.29) is 17.3 Å².